The number of carbonyl (C=O) groups excluding carboxylic acids is 1. The fourth-order valence-corrected chi connectivity index (χ4v) is 7.40. The first-order chi connectivity index (χ1) is 15.5. The smallest absolute Gasteiger partial charge is 0.258 e. The van der Waals surface area contributed by atoms with Crippen LogP contribution in [0.1, 0.15) is 81.5 Å². The number of hydrogen-bond donors (Lipinski definition) is 3. The molecule has 5 unspecified atom stereocenters. The average molecular weight is 444 g/mol. The molecule has 4 aliphatic carbocycles. The highest BCUT2D eigenvalue weighted by Gasteiger charge is 2.66. The maximum Gasteiger partial charge on any atom is 0.258 e. The molecular formula is C24H37N5O3. The number of aryl methyl sites for hydroxylation is 1. The highest BCUT2D eigenvalue weighted by molar-refractivity contribution is 5.96. The van der Waals surface area contributed by atoms with Gasteiger partial charge in [-0.15, -0.1) is 0 Å². The Morgan fingerprint density at radius 1 is 1.34 bits per heavy atom. The Balaban J connectivity index is 1.30. The summed E-state index contributed by atoms with van der Waals surface area (Å²) in [6.07, 6.45) is 13.1. The van der Waals surface area contributed by atoms with Gasteiger partial charge in [0.25, 0.3) is 5.91 Å². The van der Waals surface area contributed by atoms with Gasteiger partial charge in [-0.25, -0.2) is 4.68 Å². The molecule has 0 aliphatic heterocycles. The van der Waals surface area contributed by atoms with Crippen molar-refractivity contribution in [3.63, 3.8) is 0 Å². The first-order valence-corrected chi connectivity index (χ1v) is 12.5. The van der Waals surface area contributed by atoms with Gasteiger partial charge in [-0.1, -0.05) is 31.3 Å². The number of carbonyl (C=O) groups is 1. The minimum atomic E-state index is -0.0842. The summed E-state index contributed by atoms with van der Waals surface area (Å²) in [5.41, 5.74) is 6.47. The molecule has 0 aromatic carbocycles. The molecule has 0 radical (unpaired) electrons. The van der Waals surface area contributed by atoms with Crippen molar-refractivity contribution in [1.82, 2.24) is 15.1 Å². The second-order valence-electron chi connectivity index (χ2n) is 10.8. The van der Waals surface area contributed by atoms with E-state index in [2.05, 4.69) is 22.5 Å². The fraction of sp³-hybridized carbons (Fsp3) is 0.792. The van der Waals surface area contributed by atoms with Crippen LogP contribution in [0.15, 0.2) is 11.4 Å². The average Bonchev–Trinajstić information content (AvgIpc) is 3.45. The molecule has 176 valence electrons. The Morgan fingerprint density at radius 2 is 2.16 bits per heavy atom. The summed E-state index contributed by atoms with van der Waals surface area (Å²) >= 11 is 0. The molecule has 4 N–H and O–H groups in total. The number of oxime groups is 1. The molecule has 8 nitrogen and oxygen atoms in total. The molecule has 4 saturated carbocycles. The van der Waals surface area contributed by atoms with E-state index in [-0.39, 0.29) is 17.8 Å². The number of amidine groups is 1. The Bertz CT molecular complexity index is 867. The van der Waals surface area contributed by atoms with Crippen molar-refractivity contribution < 1.29 is 14.7 Å². The van der Waals surface area contributed by atoms with Crippen LogP contribution in [0, 0.1) is 29.1 Å². The zero-order chi connectivity index (χ0) is 22.3. The molecule has 1 spiro atoms. The van der Waals surface area contributed by atoms with Gasteiger partial charge in [-0.3, -0.25) is 4.79 Å². The number of rotatable bonds is 8. The monoisotopic (exact) mass is 443 g/mol. The van der Waals surface area contributed by atoms with Gasteiger partial charge in [0.2, 0.25) is 5.88 Å². The van der Waals surface area contributed by atoms with Crippen molar-refractivity contribution in [2.24, 2.45) is 40.0 Å². The van der Waals surface area contributed by atoms with E-state index in [9.17, 15) is 4.79 Å². The van der Waals surface area contributed by atoms with E-state index < -0.39 is 0 Å². The minimum Gasteiger partial charge on any atom is -0.477 e. The summed E-state index contributed by atoms with van der Waals surface area (Å²) in [7, 11) is 0. The predicted octanol–water partition coefficient (Wildman–Crippen LogP) is 3.53. The molecule has 0 saturated heterocycles. The third-order valence-electron chi connectivity index (χ3n) is 9.02. The molecule has 5 atom stereocenters. The zero-order valence-electron chi connectivity index (χ0n) is 19.1. The molecule has 2 bridgehead atoms. The Labute approximate surface area is 189 Å². The summed E-state index contributed by atoms with van der Waals surface area (Å²) < 4.78 is 7.91. The van der Waals surface area contributed by atoms with Gasteiger partial charge in [0.1, 0.15) is 11.4 Å². The number of aromatic nitrogens is 2. The van der Waals surface area contributed by atoms with E-state index in [0.717, 1.165) is 18.3 Å². The second kappa shape index (κ2) is 8.60. The quantitative estimate of drug-likeness (QED) is 0.246. The molecule has 4 fully saturated rings. The summed E-state index contributed by atoms with van der Waals surface area (Å²) in [5.74, 6) is 3.41. The van der Waals surface area contributed by atoms with Crippen molar-refractivity contribution in [3.8, 4) is 5.88 Å². The van der Waals surface area contributed by atoms with Gasteiger partial charge >= 0.3 is 0 Å². The molecule has 32 heavy (non-hydrogen) atoms. The maximum atomic E-state index is 13.4. The van der Waals surface area contributed by atoms with Crippen LogP contribution >= 0.6 is 0 Å². The normalized spacial score (nSPS) is 34.2. The summed E-state index contributed by atoms with van der Waals surface area (Å²) in [6, 6.07) is 0.259. The molecule has 5 rings (SSSR count). The number of hydrogen-bond acceptors (Lipinski definition) is 5. The van der Waals surface area contributed by atoms with Crippen molar-refractivity contribution in [2.75, 3.05) is 6.61 Å². The van der Waals surface area contributed by atoms with Crippen LogP contribution < -0.4 is 15.8 Å². The highest BCUT2D eigenvalue weighted by Crippen LogP contribution is 2.70. The number of nitrogens with one attached hydrogen (secondary N) is 1. The number of fused-ring (bicyclic) bond motifs is 1. The first-order valence-electron chi connectivity index (χ1n) is 12.5. The van der Waals surface area contributed by atoms with Gasteiger partial charge in [0.15, 0.2) is 0 Å². The van der Waals surface area contributed by atoms with E-state index in [0.29, 0.717) is 48.3 Å². The SMILES string of the molecule is CC1CC2CC3CC(NC(=O)c4cnn(CC/C(N)=N/O)c4OCC4CCCCC4)C13C2. The number of ether oxygens (including phenoxy) is 1. The van der Waals surface area contributed by atoms with Gasteiger partial charge < -0.3 is 21.0 Å². The van der Waals surface area contributed by atoms with E-state index >= 15 is 0 Å². The Kier molecular flexibility index (Phi) is 5.80. The zero-order valence-corrected chi connectivity index (χ0v) is 19.1. The third-order valence-corrected chi connectivity index (χ3v) is 9.02. The largest absolute Gasteiger partial charge is 0.477 e. The Morgan fingerprint density at radius 3 is 2.88 bits per heavy atom. The lowest BCUT2D eigenvalue weighted by Crippen LogP contribution is -2.61. The van der Waals surface area contributed by atoms with Crippen LogP contribution in [-0.4, -0.2) is 39.4 Å². The van der Waals surface area contributed by atoms with E-state index in [1.54, 1.807) is 10.9 Å². The molecule has 1 aromatic heterocycles. The topological polar surface area (TPSA) is 115 Å². The molecule has 8 heteroatoms. The van der Waals surface area contributed by atoms with Crippen LogP contribution in [0.3, 0.4) is 0 Å². The lowest BCUT2D eigenvalue weighted by molar-refractivity contribution is -0.0367. The predicted molar refractivity (Wildman–Crippen MR) is 121 cm³/mol. The summed E-state index contributed by atoms with van der Waals surface area (Å²) in [5, 5.41) is 19.7. The molecule has 1 heterocycles. The van der Waals surface area contributed by atoms with Crippen molar-refractivity contribution in [2.45, 2.75) is 83.7 Å². The van der Waals surface area contributed by atoms with E-state index in [1.165, 1.54) is 51.4 Å². The highest BCUT2D eigenvalue weighted by atomic mass is 16.5. The number of nitrogens with two attached hydrogens (primary N) is 1. The number of amides is 1. The van der Waals surface area contributed by atoms with Gasteiger partial charge in [0, 0.05) is 12.5 Å². The lowest BCUT2D eigenvalue weighted by atomic mass is 9.52. The standard InChI is InChI=1S/C24H37N5O3/c1-15-9-17-10-18-11-20(24(15,18)12-17)27-22(30)19-13-26-29(8-7-21(25)28-31)23(19)32-14-16-5-3-2-4-6-16/h13,15-18,20,31H,2-12,14H2,1H3,(H2,25,28)(H,27,30). The Hall–Kier alpha value is -2.25. The van der Waals surface area contributed by atoms with Gasteiger partial charge in [0.05, 0.1) is 19.3 Å². The molecule has 4 aliphatic rings. The van der Waals surface area contributed by atoms with Crippen LogP contribution in [0.2, 0.25) is 0 Å². The fourth-order valence-electron chi connectivity index (χ4n) is 7.40. The minimum absolute atomic E-state index is 0.0842. The third kappa shape index (κ3) is 3.65. The molecular weight excluding hydrogens is 406 g/mol. The lowest BCUT2D eigenvalue weighted by Gasteiger charge is -2.56. The summed E-state index contributed by atoms with van der Waals surface area (Å²) in [6.45, 7) is 3.37. The summed E-state index contributed by atoms with van der Waals surface area (Å²) in [4.78, 5) is 13.4. The molecule has 1 amide bonds. The van der Waals surface area contributed by atoms with Crippen molar-refractivity contribution in [1.29, 1.82) is 0 Å². The van der Waals surface area contributed by atoms with Crippen LogP contribution in [0.4, 0.5) is 0 Å². The van der Waals surface area contributed by atoms with Gasteiger partial charge in [-0.05, 0) is 67.6 Å². The van der Waals surface area contributed by atoms with E-state index in [1.807, 2.05) is 0 Å². The van der Waals surface area contributed by atoms with Crippen LogP contribution in [-0.2, 0) is 6.54 Å². The number of nitrogens with zero attached hydrogens (tertiary/aromatic N) is 3. The first kappa shape index (κ1) is 21.6. The van der Waals surface area contributed by atoms with Crippen molar-refractivity contribution in [3.05, 3.63) is 11.8 Å². The van der Waals surface area contributed by atoms with Crippen LogP contribution in [0.5, 0.6) is 5.88 Å². The van der Waals surface area contributed by atoms with Crippen molar-refractivity contribution >= 4 is 11.7 Å². The second-order valence-corrected chi connectivity index (χ2v) is 10.8. The van der Waals surface area contributed by atoms with Crippen LogP contribution in [0.25, 0.3) is 0 Å². The maximum absolute atomic E-state index is 13.4. The van der Waals surface area contributed by atoms with E-state index in [4.69, 9.17) is 15.7 Å². The van der Waals surface area contributed by atoms with Gasteiger partial charge in [-0.2, -0.15) is 5.10 Å². The molecule has 1 aromatic rings.